The minimum absolute atomic E-state index is 0.0127. The molecule has 0 bridgehead atoms. The summed E-state index contributed by atoms with van der Waals surface area (Å²) in [4.78, 5) is 0. The van der Waals surface area contributed by atoms with Crippen molar-refractivity contribution in [2.45, 2.75) is 37.5 Å². The van der Waals surface area contributed by atoms with Gasteiger partial charge in [0.2, 0.25) is 0 Å². The molecule has 0 spiro atoms. The van der Waals surface area contributed by atoms with Gasteiger partial charge in [0.15, 0.2) is 0 Å². The first kappa shape index (κ1) is 15.8. The highest BCUT2D eigenvalue weighted by Gasteiger charge is 2.48. The molecule has 2 aromatic carbocycles. The summed E-state index contributed by atoms with van der Waals surface area (Å²) in [5.74, 6) is 0. The van der Waals surface area contributed by atoms with Crippen molar-refractivity contribution < 1.29 is 14.2 Å². The van der Waals surface area contributed by atoms with Crippen LogP contribution in [-0.2, 0) is 27.4 Å². The number of hydrogen-bond donors (Lipinski definition) is 1. The van der Waals surface area contributed by atoms with Crippen LogP contribution in [0.15, 0.2) is 60.7 Å². The number of benzene rings is 2. The highest BCUT2D eigenvalue weighted by Crippen LogP contribution is 2.29. The highest BCUT2D eigenvalue weighted by atomic mass is 16.6. The third-order valence-electron chi connectivity index (χ3n) is 4.73. The molecule has 1 N–H and O–H groups in total. The molecule has 24 heavy (non-hydrogen) atoms. The summed E-state index contributed by atoms with van der Waals surface area (Å²) in [6, 6.07) is 20.9. The molecule has 2 aliphatic rings. The lowest BCUT2D eigenvalue weighted by molar-refractivity contribution is -0.0393. The van der Waals surface area contributed by atoms with E-state index in [1.54, 1.807) is 0 Å². The van der Waals surface area contributed by atoms with Crippen LogP contribution in [0, 0.1) is 0 Å². The van der Waals surface area contributed by atoms with Gasteiger partial charge >= 0.3 is 0 Å². The van der Waals surface area contributed by atoms with E-state index < -0.39 is 0 Å². The summed E-state index contributed by atoms with van der Waals surface area (Å²) in [6.45, 7) is 2.71. The van der Waals surface area contributed by atoms with E-state index in [0.29, 0.717) is 19.8 Å². The van der Waals surface area contributed by atoms with E-state index in [9.17, 15) is 0 Å². The van der Waals surface area contributed by atoms with Crippen molar-refractivity contribution in [1.29, 1.82) is 0 Å². The lowest BCUT2D eigenvalue weighted by Crippen LogP contribution is -2.41. The largest absolute Gasteiger partial charge is 0.371 e. The van der Waals surface area contributed by atoms with Gasteiger partial charge in [0.05, 0.1) is 25.9 Å². The molecule has 0 saturated carbocycles. The van der Waals surface area contributed by atoms with Gasteiger partial charge in [-0.25, -0.2) is 0 Å². The van der Waals surface area contributed by atoms with Crippen molar-refractivity contribution >= 4 is 0 Å². The second-order valence-corrected chi connectivity index (χ2v) is 6.40. The lowest BCUT2D eigenvalue weighted by Gasteiger charge is -2.18. The Morgan fingerprint density at radius 3 is 2.25 bits per heavy atom. The molecule has 2 heterocycles. The van der Waals surface area contributed by atoms with E-state index in [1.165, 1.54) is 11.1 Å². The first-order valence-electron chi connectivity index (χ1n) is 8.56. The molecule has 2 fully saturated rings. The van der Waals surface area contributed by atoms with Gasteiger partial charge in [-0.15, -0.1) is 0 Å². The van der Waals surface area contributed by atoms with E-state index in [2.05, 4.69) is 41.7 Å². The number of ether oxygens (including phenoxy) is 3. The normalized spacial score (nSPS) is 28.8. The van der Waals surface area contributed by atoms with Crippen molar-refractivity contribution in [1.82, 2.24) is 5.32 Å². The van der Waals surface area contributed by atoms with Crippen LogP contribution in [0.5, 0.6) is 0 Å². The molecular weight excluding hydrogens is 302 g/mol. The molecule has 4 nitrogen and oxygen atoms in total. The molecule has 2 aromatic rings. The molecular formula is C20H23NO3. The second kappa shape index (κ2) is 7.45. The predicted molar refractivity (Wildman–Crippen MR) is 91.6 cm³/mol. The van der Waals surface area contributed by atoms with Crippen molar-refractivity contribution in [3.05, 3.63) is 71.8 Å². The smallest absolute Gasteiger partial charge is 0.114 e. The molecule has 4 atom stereocenters. The van der Waals surface area contributed by atoms with Crippen molar-refractivity contribution in [2.24, 2.45) is 0 Å². The maximum absolute atomic E-state index is 6.04. The van der Waals surface area contributed by atoms with Crippen LogP contribution in [0.2, 0.25) is 0 Å². The summed E-state index contributed by atoms with van der Waals surface area (Å²) in [5, 5.41) is 3.56. The zero-order valence-corrected chi connectivity index (χ0v) is 13.6. The van der Waals surface area contributed by atoms with Crippen LogP contribution in [0.1, 0.15) is 11.1 Å². The Morgan fingerprint density at radius 2 is 1.50 bits per heavy atom. The highest BCUT2D eigenvalue weighted by molar-refractivity contribution is 5.15. The first-order chi connectivity index (χ1) is 11.9. The van der Waals surface area contributed by atoms with Gasteiger partial charge < -0.3 is 19.5 Å². The number of rotatable bonds is 6. The van der Waals surface area contributed by atoms with Gasteiger partial charge in [-0.3, -0.25) is 0 Å². The van der Waals surface area contributed by atoms with Gasteiger partial charge in [0.1, 0.15) is 18.3 Å². The van der Waals surface area contributed by atoms with Crippen LogP contribution in [-0.4, -0.2) is 37.6 Å². The molecule has 0 aliphatic carbocycles. The summed E-state index contributed by atoms with van der Waals surface area (Å²) >= 11 is 0. The van der Waals surface area contributed by atoms with Crippen LogP contribution >= 0.6 is 0 Å². The van der Waals surface area contributed by atoms with Gasteiger partial charge in [0.25, 0.3) is 0 Å². The average molecular weight is 325 g/mol. The SMILES string of the molecule is c1ccc(CNC2COC3C(OCc4ccccc4)COC23)cc1. The Kier molecular flexibility index (Phi) is 4.90. The third kappa shape index (κ3) is 3.52. The molecule has 4 unspecified atom stereocenters. The molecule has 126 valence electrons. The number of nitrogens with one attached hydrogen (secondary N) is 1. The van der Waals surface area contributed by atoms with E-state index in [0.717, 1.165) is 6.54 Å². The van der Waals surface area contributed by atoms with Gasteiger partial charge in [0, 0.05) is 6.54 Å². The molecule has 4 heteroatoms. The Bertz CT molecular complexity index is 576. The summed E-state index contributed by atoms with van der Waals surface area (Å²) in [7, 11) is 0. The van der Waals surface area contributed by atoms with Crippen LogP contribution < -0.4 is 5.32 Å². The summed E-state index contributed by atoms with van der Waals surface area (Å²) < 4.78 is 18.0. The average Bonchev–Trinajstić information content (AvgIpc) is 3.22. The molecule has 0 radical (unpaired) electrons. The molecule has 0 amide bonds. The lowest BCUT2D eigenvalue weighted by atomic mass is 10.1. The Balaban J connectivity index is 1.29. The van der Waals surface area contributed by atoms with Crippen molar-refractivity contribution in [2.75, 3.05) is 13.2 Å². The maximum Gasteiger partial charge on any atom is 0.114 e. The van der Waals surface area contributed by atoms with Crippen molar-refractivity contribution in [3.63, 3.8) is 0 Å². The topological polar surface area (TPSA) is 39.7 Å². The van der Waals surface area contributed by atoms with E-state index >= 15 is 0 Å². The van der Waals surface area contributed by atoms with Crippen molar-refractivity contribution in [3.8, 4) is 0 Å². The second-order valence-electron chi connectivity index (χ2n) is 6.40. The minimum Gasteiger partial charge on any atom is -0.371 e. The maximum atomic E-state index is 6.04. The summed E-state index contributed by atoms with van der Waals surface area (Å²) in [6.07, 6.45) is 0.121. The quantitative estimate of drug-likeness (QED) is 0.886. The Morgan fingerprint density at radius 1 is 0.833 bits per heavy atom. The zero-order chi connectivity index (χ0) is 16.2. The summed E-state index contributed by atoms with van der Waals surface area (Å²) in [5.41, 5.74) is 2.45. The van der Waals surface area contributed by atoms with Gasteiger partial charge in [-0.1, -0.05) is 60.7 Å². The predicted octanol–water partition coefficient (Wildman–Crippen LogP) is 2.53. The Labute approximate surface area is 142 Å². The van der Waals surface area contributed by atoms with E-state index in [-0.39, 0.29) is 24.4 Å². The van der Waals surface area contributed by atoms with Crippen LogP contribution in [0.3, 0.4) is 0 Å². The number of fused-ring (bicyclic) bond motifs is 1. The van der Waals surface area contributed by atoms with Crippen LogP contribution in [0.25, 0.3) is 0 Å². The Hall–Kier alpha value is -1.72. The number of hydrogen-bond acceptors (Lipinski definition) is 4. The standard InChI is InChI=1S/C20H23NO3/c1-3-7-15(8-4-1)11-21-17-13-23-20-18(14-24-19(17)20)22-12-16-9-5-2-6-10-16/h1-10,17-21H,11-14H2. The molecule has 0 aromatic heterocycles. The third-order valence-corrected chi connectivity index (χ3v) is 4.73. The first-order valence-corrected chi connectivity index (χ1v) is 8.56. The van der Waals surface area contributed by atoms with Crippen LogP contribution in [0.4, 0.5) is 0 Å². The molecule has 4 rings (SSSR count). The fraction of sp³-hybridized carbons (Fsp3) is 0.400. The minimum atomic E-state index is 0.0127. The van der Waals surface area contributed by atoms with Gasteiger partial charge in [-0.05, 0) is 11.1 Å². The van der Waals surface area contributed by atoms with Gasteiger partial charge in [-0.2, -0.15) is 0 Å². The van der Waals surface area contributed by atoms with E-state index in [4.69, 9.17) is 14.2 Å². The fourth-order valence-corrected chi connectivity index (χ4v) is 3.40. The monoisotopic (exact) mass is 325 g/mol. The zero-order valence-electron chi connectivity index (χ0n) is 13.6. The molecule has 2 saturated heterocycles. The molecule has 2 aliphatic heterocycles. The van der Waals surface area contributed by atoms with E-state index in [1.807, 2.05) is 24.3 Å². The fourth-order valence-electron chi connectivity index (χ4n) is 3.40.